The summed E-state index contributed by atoms with van der Waals surface area (Å²) in [6, 6.07) is 8.42. The van der Waals surface area contributed by atoms with Crippen LogP contribution in [-0.2, 0) is 4.79 Å². The Hall–Kier alpha value is -2.11. The zero-order valence-corrected chi connectivity index (χ0v) is 13.2. The van der Waals surface area contributed by atoms with Gasteiger partial charge in [-0.25, -0.2) is 5.43 Å². The van der Waals surface area contributed by atoms with Crippen LogP contribution in [0.15, 0.2) is 47.8 Å². The summed E-state index contributed by atoms with van der Waals surface area (Å²) >= 11 is 11.7. The number of nitrogens with zero attached hydrogens (tertiary/aromatic N) is 2. The molecule has 1 aromatic carbocycles. The van der Waals surface area contributed by atoms with Crippen LogP contribution in [0.25, 0.3) is 0 Å². The molecule has 0 aliphatic heterocycles. The van der Waals surface area contributed by atoms with Crippen molar-refractivity contribution in [3.63, 3.8) is 0 Å². The standard InChI is InChI=1S/C15H13Cl2N3O2/c1-10(11-3-2-6-18-8-11)19-20-15(21)9-22-14-5-4-12(16)7-13(14)17/h2-8H,9H2,1H3,(H,20,21)/b19-10+. The van der Waals surface area contributed by atoms with Crippen LogP contribution in [0.4, 0.5) is 0 Å². The Bertz CT molecular complexity index is 690. The zero-order valence-electron chi connectivity index (χ0n) is 11.7. The minimum absolute atomic E-state index is 0.203. The van der Waals surface area contributed by atoms with E-state index in [0.29, 0.717) is 21.5 Å². The van der Waals surface area contributed by atoms with Crippen molar-refractivity contribution in [3.05, 3.63) is 58.3 Å². The number of carbonyl (C=O) groups is 1. The monoisotopic (exact) mass is 337 g/mol. The van der Waals surface area contributed by atoms with Crippen molar-refractivity contribution >= 4 is 34.8 Å². The second-order valence-electron chi connectivity index (χ2n) is 4.34. The number of pyridine rings is 1. The Labute approximate surface area is 137 Å². The maximum Gasteiger partial charge on any atom is 0.277 e. The Morgan fingerprint density at radius 2 is 2.18 bits per heavy atom. The van der Waals surface area contributed by atoms with E-state index in [0.717, 1.165) is 5.56 Å². The molecule has 1 amide bonds. The third-order valence-corrected chi connectivity index (χ3v) is 3.21. The summed E-state index contributed by atoms with van der Waals surface area (Å²) in [7, 11) is 0. The third-order valence-electron chi connectivity index (χ3n) is 2.68. The van der Waals surface area contributed by atoms with E-state index in [1.54, 1.807) is 43.6 Å². The summed E-state index contributed by atoms with van der Waals surface area (Å²) in [4.78, 5) is 15.7. The molecule has 0 unspecified atom stereocenters. The number of hydrogen-bond acceptors (Lipinski definition) is 4. The van der Waals surface area contributed by atoms with Gasteiger partial charge in [0.25, 0.3) is 5.91 Å². The van der Waals surface area contributed by atoms with Crippen molar-refractivity contribution in [2.24, 2.45) is 5.10 Å². The largest absolute Gasteiger partial charge is 0.482 e. The molecule has 0 saturated heterocycles. The Morgan fingerprint density at radius 3 is 2.86 bits per heavy atom. The van der Waals surface area contributed by atoms with Crippen molar-refractivity contribution in [3.8, 4) is 5.75 Å². The second-order valence-corrected chi connectivity index (χ2v) is 5.18. The van der Waals surface area contributed by atoms with E-state index < -0.39 is 5.91 Å². The highest BCUT2D eigenvalue weighted by molar-refractivity contribution is 6.35. The van der Waals surface area contributed by atoms with Gasteiger partial charge in [0.2, 0.25) is 0 Å². The number of halogens is 2. The number of nitrogens with one attached hydrogen (secondary N) is 1. The number of hydrazone groups is 1. The van der Waals surface area contributed by atoms with Gasteiger partial charge < -0.3 is 4.74 Å². The van der Waals surface area contributed by atoms with Crippen LogP contribution in [-0.4, -0.2) is 23.2 Å². The molecule has 2 rings (SSSR count). The van der Waals surface area contributed by atoms with Crippen molar-refractivity contribution in [1.82, 2.24) is 10.4 Å². The van der Waals surface area contributed by atoms with Crippen LogP contribution < -0.4 is 10.2 Å². The molecule has 0 aliphatic carbocycles. The van der Waals surface area contributed by atoms with Gasteiger partial charge in [-0.3, -0.25) is 9.78 Å². The second kappa shape index (κ2) is 7.77. The van der Waals surface area contributed by atoms with Gasteiger partial charge in [0.05, 0.1) is 10.7 Å². The topological polar surface area (TPSA) is 63.6 Å². The summed E-state index contributed by atoms with van der Waals surface area (Å²) in [5.74, 6) is -0.0107. The van der Waals surface area contributed by atoms with E-state index in [2.05, 4.69) is 15.5 Å². The fourth-order valence-electron chi connectivity index (χ4n) is 1.56. The molecular formula is C15H13Cl2N3O2. The number of benzene rings is 1. The molecular weight excluding hydrogens is 325 g/mol. The molecule has 0 radical (unpaired) electrons. The number of amides is 1. The van der Waals surface area contributed by atoms with Crippen LogP contribution in [0.3, 0.4) is 0 Å². The lowest BCUT2D eigenvalue weighted by atomic mass is 10.2. The van der Waals surface area contributed by atoms with Crippen LogP contribution in [0.5, 0.6) is 5.75 Å². The SMILES string of the molecule is C/C(=N\NC(=O)COc1ccc(Cl)cc1Cl)c1cccnc1. The lowest BCUT2D eigenvalue weighted by molar-refractivity contribution is -0.123. The van der Waals surface area contributed by atoms with Gasteiger partial charge in [0, 0.05) is 23.0 Å². The van der Waals surface area contributed by atoms with Crippen molar-refractivity contribution in [1.29, 1.82) is 0 Å². The molecule has 0 atom stereocenters. The fraction of sp³-hybridized carbons (Fsp3) is 0.133. The van der Waals surface area contributed by atoms with Crippen molar-refractivity contribution in [2.75, 3.05) is 6.61 Å². The summed E-state index contributed by atoms with van der Waals surface area (Å²) in [6.45, 7) is 1.57. The average Bonchev–Trinajstić information content (AvgIpc) is 2.52. The van der Waals surface area contributed by atoms with Gasteiger partial charge in [-0.15, -0.1) is 0 Å². The molecule has 1 aromatic heterocycles. The van der Waals surface area contributed by atoms with E-state index in [-0.39, 0.29) is 6.61 Å². The van der Waals surface area contributed by atoms with Gasteiger partial charge in [-0.2, -0.15) is 5.10 Å². The normalized spacial score (nSPS) is 11.1. The first-order chi connectivity index (χ1) is 10.6. The minimum Gasteiger partial charge on any atom is -0.482 e. The first-order valence-electron chi connectivity index (χ1n) is 6.37. The molecule has 0 bridgehead atoms. The summed E-state index contributed by atoms with van der Waals surface area (Å²) in [5.41, 5.74) is 3.88. The number of ether oxygens (including phenoxy) is 1. The molecule has 2 aromatic rings. The molecule has 22 heavy (non-hydrogen) atoms. The molecule has 0 aliphatic rings. The van der Waals surface area contributed by atoms with Crippen LogP contribution in [0.1, 0.15) is 12.5 Å². The summed E-state index contributed by atoms with van der Waals surface area (Å²) in [5, 5.41) is 4.83. The van der Waals surface area contributed by atoms with Gasteiger partial charge in [0.1, 0.15) is 5.75 Å². The Kier molecular flexibility index (Phi) is 5.75. The summed E-state index contributed by atoms with van der Waals surface area (Å²) < 4.78 is 5.31. The highest BCUT2D eigenvalue weighted by atomic mass is 35.5. The van der Waals surface area contributed by atoms with E-state index in [1.807, 2.05) is 6.07 Å². The maximum atomic E-state index is 11.7. The first kappa shape index (κ1) is 16.3. The minimum atomic E-state index is -0.394. The fourth-order valence-corrected chi connectivity index (χ4v) is 2.02. The van der Waals surface area contributed by atoms with Gasteiger partial charge in [-0.1, -0.05) is 29.3 Å². The smallest absolute Gasteiger partial charge is 0.277 e. The molecule has 5 nitrogen and oxygen atoms in total. The number of carbonyl (C=O) groups excluding carboxylic acids is 1. The number of rotatable bonds is 5. The zero-order chi connectivity index (χ0) is 15.9. The molecule has 114 valence electrons. The van der Waals surface area contributed by atoms with Gasteiger partial charge in [-0.05, 0) is 31.2 Å². The lowest BCUT2D eigenvalue weighted by Crippen LogP contribution is -2.25. The Morgan fingerprint density at radius 1 is 1.36 bits per heavy atom. The highest BCUT2D eigenvalue weighted by Crippen LogP contribution is 2.27. The predicted molar refractivity (Wildman–Crippen MR) is 86.5 cm³/mol. The predicted octanol–water partition coefficient (Wildman–Crippen LogP) is 3.31. The van der Waals surface area contributed by atoms with E-state index >= 15 is 0 Å². The highest BCUT2D eigenvalue weighted by Gasteiger charge is 2.06. The van der Waals surface area contributed by atoms with E-state index in [1.165, 1.54) is 0 Å². The van der Waals surface area contributed by atoms with Crippen molar-refractivity contribution < 1.29 is 9.53 Å². The van der Waals surface area contributed by atoms with Crippen molar-refractivity contribution in [2.45, 2.75) is 6.92 Å². The molecule has 1 N–H and O–H groups in total. The van der Waals surface area contributed by atoms with Gasteiger partial charge in [0.15, 0.2) is 6.61 Å². The van der Waals surface area contributed by atoms with Crippen LogP contribution >= 0.6 is 23.2 Å². The summed E-state index contributed by atoms with van der Waals surface area (Å²) in [6.07, 6.45) is 3.33. The Balaban J connectivity index is 1.88. The quantitative estimate of drug-likeness (QED) is 0.672. The number of hydrogen-bond donors (Lipinski definition) is 1. The lowest BCUT2D eigenvalue weighted by Gasteiger charge is -2.07. The molecule has 0 spiro atoms. The van der Waals surface area contributed by atoms with Crippen LogP contribution in [0.2, 0.25) is 10.0 Å². The van der Waals surface area contributed by atoms with Gasteiger partial charge >= 0.3 is 0 Å². The van der Waals surface area contributed by atoms with E-state index in [9.17, 15) is 4.79 Å². The molecule has 7 heteroatoms. The molecule has 1 heterocycles. The maximum absolute atomic E-state index is 11.7. The van der Waals surface area contributed by atoms with Crippen LogP contribution in [0, 0.1) is 0 Å². The molecule has 0 saturated carbocycles. The number of aromatic nitrogens is 1. The molecule has 0 fully saturated rings. The average molecular weight is 338 g/mol. The third kappa shape index (κ3) is 4.72. The first-order valence-corrected chi connectivity index (χ1v) is 7.13. The van der Waals surface area contributed by atoms with E-state index in [4.69, 9.17) is 27.9 Å².